The minimum Gasteiger partial charge on any atom is -0.477 e. The van der Waals surface area contributed by atoms with Crippen LogP contribution in [0.5, 0.6) is 5.88 Å². The molecule has 1 aromatic heterocycles. The smallest absolute Gasteiger partial charge is 0.389 e. The average Bonchev–Trinajstić information content (AvgIpc) is 2.50. The topological polar surface area (TPSA) is 55.3 Å². The van der Waals surface area contributed by atoms with Gasteiger partial charge in [-0.3, -0.25) is 4.79 Å². The van der Waals surface area contributed by atoms with Gasteiger partial charge in [-0.2, -0.15) is 13.2 Å². The predicted molar refractivity (Wildman–Crippen MR) is 76.9 cm³/mol. The summed E-state index contributed by atoms with van der Waals surface area (Å²) in [4.78, 5) is 21.3. The van der Waals surface area contributed by atoms with Crippen LogP contribution in [0.1, 0.15) is 31.4 Å². The lowest BCUT2D eigenvalue weighted by Crippen LogP contribution is -2.40. The summed E-state index contributed by atoms with van der Waals surface area (Å²) in [5.41, 5.74) is 0.820. The molecule has 1 fully saturated rings. The van der Waals surface area contributed by atoms with Gasteiger partial charge in [0.1, 0.15) is 6.33 Å². The normalized spacial score (nSPS) is 16.4. The van der Waals surface area contributed by atoms with Gasteiger partial charge in [-0.15, -0.1) is 0 Å². The zero-order valence-electron chi connectivity index (χ0n) is 13.0. The average molecular weight is 331 g/mol. The number of ether oxygens (including phenoxy) is 1. The van der Waals surface area contributed by atoms with Gasteiger partial charge in [0.15, 0.2) is 0 Å². The summed E-state index contributed by atoms with van der Waals surface area (Å²) in [6.07, 6.45) is -2.92. The molecule has 128 valence electrons. The molecule has 1 saturated heterocycles. The van der Waals surface area contributed by atoms with Crippen molar-refractivity contribution >= 4 is 5.91 Å². The Bertz CT molecular complexity index is 529. The number of halogens is 3. The number of amides is 1. The fourth-order valence-corrected chi connectivity index (χ4v) is 2.47. The van der Waals surface area contributed by atoms with Crippen molar-refractivity contribution in [1.29, 1.82) is 0 Å². The van der Waals surface area contributed by atoms with Crippen LogP contribution < -0.4 is 4.74 Å². The summed E-state index contributed by atoms with van der Waals surface area (Å²) in [5.74, 6) is 0.367. The van der Waals surface area contributed by atoms with Crippen LogP contribution in [0.25, 0.3) is 0 Å². The van der Waals surface area contributed by atoms with Crippen molar-refractivity contribution < 1.29 is 22.7 Å². The van der Waals surface area contributed by atoms with Gasteiger partial charge >= 0.3 is 6.18 Å². The molecule has 1 aliphatic heterocycles. The highest BCUT2D eigenvalue weighted by atomic mass is 19.4. The van der Waals surface area contributed by atoms with Gasteiger partial charge in [0.2, 0.25) is 11.8 Å². The van der Waals surface area contributed by atoms with E-state index < -0.39 is 24.9 Å². The van der Waals surface area contributed by atoms with Crippen LogP contribution in [-0.4, -0.2) is 46.6 Å². The summed E-state index contributed by atoms with van der Waals surface area (Å²) in [6, 6.07) is 1.75. The molecule has 2 rings (SSSR count). The van der Waals surface area contributed by atoms with Crippen molar-refractivity contribution in [2.45, 2.75) is 38.8 Å². The minimum atomic E-state index is -4.28. The lowest BCUT2D eigenvalue weighted by atomic mass is 9.97. The zero-order chi connectivity index (χ0) is 16.9. The van der Waals surface area contributed by atoms with Crippen molar-refractivity contribution in [2.24, 2.45) is 5.92 Å². The third kappa shape index (κ3) is 6.03. The fraction of sp³-hybridized carbons (Fsp3) is 0.667. The van der Waals surface area contributed by atoms with E-state index in [1.165, 1.54) is 11.2 Å². The van der Waals surface area contributed by atoms with Crippen molar-refractivity contribution in [1.82, 2.24) is 14.9 Å². The number of likely N-dealkylation sites (tertiary alicyclic amines) is 1. The molecule has 8 heteroatoms. The van der Waals surface area contributed by atoms with Crippen LogP contribution in [0, 0.1) is 12.8 Å². The molecular weight excluding hydrogens is 311 g/mol. The number of nitrogens with zero attached hydrogens (tertiary/aromatic N) is 3. The summed E-state index contributed by atoms with van der Waals surface area (Å²) < 4.78 is 42.0. The number of rotatable bonds is 5. The molecular formula is C15H20F3N3O2. The molecule has 0 bridgehead atoms. The monoisotopic (exact) mass is 331 g/mol. The molecule has 23 heavy (non-hydrogen) atoms. The molecule has 0 N–H and O–H groups in total. The summed E-state index contributed by atoms with van der Waals surface area (Å²) in [5, 5.41) is 0. The molecule has 1 aromatic rings. The van der Waals surface area contributed by atoms with Gasteiger partial charge in [0, 0.05) is 31.3 Å². The first-order chi connectivity index (χ1) is 10.8. The fourth-order valence-electron chi connectivity index (χ4n) is 2.47. The van der Waals surface area contributed by atoms with Gasteiger partial charge < -0.3 is 9.64 Å². The number of alkyl halides is 3. The second-order valence-electron chi connectivity index (χ2n) is 5.75. The van der Waals surface area contributed by atoms with E-state index in [2.05, 4.69) is 9.97 Å². The molecule has 0 saturated carbocycles. The number of piperidine rings is 1. The van der Waals surface area contributed by atoms with Gasteiger partial charge in [-0.1, -0.05) is 0 Å². The quantitative estimate of drug-likeness (QED) is 0.832. The van der Waals surface area contributed by atoms with E-state index in [0.717, 1.165) is 18.5 Å². The predicted octanol–water partition coefficient (Wildman–Crippen LogP) is 2.74. The Balaban J connectivity index is 1.70. The lowest BCUT2D eigenvalue weighted by molar-refractivity contribution is -0.149. The van der Waals surface area contributed by atoms with Gasteiger partial charge in [0.25, 0.3) is 0 Å². The van der Waals surface area contributed by atoms with E-state index in [9.17, 15) is 18.0 Å². The van der Waals surface area contributed by atoms with Crippen LogP contribution >= 0.6 is 0 Å². The summed E-state index contributed by atoms with van der Waals surface area (Å²) >= 11 is 0. The number of carbonyl (C=O) groups is 1. The standard InChI is InChI=1S/C15H20F3N3O2/c1-11-8-13(20-10-19-11)23-9-12-3-6-21(7-4-12)14(22)2-5-15(16,17)18/h8,10,12H,2-7,9H2,1H3. The van der Waals surface area contributed by atoms with Crippen molar-refractivity contribution in [3.63, 3.8) is 0 Å². The minimum absolute atomic E-state index is 0.275. The Morgan fingerprint density at radius 3 is 2.65 bits per heavy atom. The molecule has 0 radical (unpaired) electrons. The maximum Gasteiger partial charge on any atom is 0.389 e. The molecule has 0 unspecified atom stereocenters. The highest BCUT2D eigenvalue weighted by molar-refractivity contribution is 5.76. The molecule has 1 amide bonds. The first kappa shape index (κ1) is 17.5. The maximum atomic E-state index is 12.1. The van der Waals surface area contributed by atoms with E-state index >= 15 is 0 Å². The number of carbonyl (C=O) groups excluding carboxylic acids is 1. The molecule has 2 heterocycles. The molecule has 1 aliphatic rings. The number of hydrogen-bond acceptors (Lipinski definition) is 4. The largest absolute Gasteiger partial charge is 0.477 e. The maximum absolute atomic E-state index is 12.1. The van der Waals surface area contributed by atoms with E-state index in [0.29, 0.717) is 25.6 Å². The van der Waals surface area contributed by atoms with Gasteiger partial charge in [-0.05, 0) is 25.7 Å². The molecule has 0 spiro atoms. The van der Waals surface area contributed by atoms with Crippen LogP contribution in [0.15, 0.2) is 12.4 Å². The third-order valence-corrected chi connectivity index (χ3v) is 3.84. The molecule has 0 atom stereocenters. The summed E-state index contributed by atoms with van der Waals surface area (Å²) in [6.45, 7) is 3.29. The van der Waals surface area contributed by atoms with Gasteiger partial charge in [0.05, 0.1) is 13.0 Å². The van der Waals surface area contributed by atoms with E-state index in [1.807, 2.05) is 6.92 Å². The Hall–Kier alpha value is -1.86. The zero-order valence-corrected chi connectivity index (χ0v) is 13.0. The van der Waals surface area contributed by atoms with Crippen LogP contribution in [0.3, 0.4) is 0 Å². The Kier molecular flexibility index (Phi) is 5.79. The molecule has 0 aliphatic carbocycles. The Labute approximate surface area is 132 Å². The SMILES string of the molecule is Cc1cc(OCC2CCN(C(=O)CCC(F)(F)F)CC2)ncn1. The van der Waals surface area contributed by atoms with E-state index in [1.54, 1.807) is 6.07 Å². The number of aryl methyl sites for hydroxylation is 1. The molecule has 5 nitrogen and oxygen atoms in total. The Morgan fingerprint density at radius 2 is 2.04 bits per heavy atom. The highest BCUT2D eigenvalue weighted by Gasteiger charge is 2.30. The number of aromatic nitrogens is 2. The van der Waals surface area contributed by atoms with Crippen LogP contribution in [0.4, 0.5) is 13.2 Å². The second kappa shape index (κ2) is 7.61. The van der Waals surface area contributed by atoms with Gasteiger partial charge in [-0.25, -0.2) is 9.97 Å². The van der Waals surface area contributed by atoms with E-state index in [4.69, 9.17) is 4.74 Å². The van der Waals surface area contributed by atoms with E-state index in [-0.39, 0.29) is 5.92 Å². The second-order valence-corrected chi connectivity index (χ2v) is 5.75. The van der Waals surface area contributed by atoms with Crippen LogP contribution in [-0.2, 0) is 4.79 Å². The highest BCUT2D eigenvalue weighted by Crippen LogP contribution is 2.24. The van der Waals surface area contributed by atoms with Crippen molar-refractivity contribution in [3.05, 3.63) is 18.1 Å². The van der Waals surface area contributed by atoms with Crippen molar-refractivity contribution in [3.8, 4) is 5.88 Å². The first-order valence-corrected chi connectivity index (χ1v) is 7.59. The third-order valence-electron chi connectivity index (χ3n) is 3.84. The van der Waals surface area contributed by atoms with Crippen molar-refractivity contribution in [2.75, 3.05) is 19.7 Å². The Morgan fingerprint density at radius 1 is 1.35 bits per heavy atom. The first-order valence-electron chi connectivity index (χ1n) is 7.59. The summed E-state index contributed by atoms with van der Waals surface area (Å²) in [7, 11) is 0. The number of hydrogen-bond donors (Lipinski definition) is 0. The lowest BCUT2D eigenvalue weighted by Gasteiger charge is -2.32. The van der Waals surface area contributed by atoms with Crippen LogP contribution in [0.2, 0.25) is 0 Å². The molecule has 0 aromatic carbocycles.